The molecule has 1 aromatic rings. The lowest BCUT2D eigenvalue weighted by atomic mass is 10.1. The van der Waals surface area contributed by atoms with E-state index in [1.54, 1.807) is 12.1 Å². The van der Waals surface area contributed by atoms with Crippen LogP contribution in [-0.4, -0.2) is 31.9 Å². The van der Waals surface area contributed by atoms with Gasteiger partial charge in [-0.2, -0.15) is 4.31 Å². The second-order valence-electron chi connectivity index (χ2n) is 4.93. The molecule has 6 heteroatoms. The Morgan fingerprint density at radius 1 is 1.47 bits per heavy atom. The van der Waals surface area contributed by atoms with Crippen LogP contribution >= 0.6 is 11.6 Å². The molecule has 19 heavy (non-hydrogen) atoms. The van der Waals surface area contributed by atoms with E-state index in [1.807, 2.05) is 6.07 Å². The number of halogens is 1. The van der Waals surface area contributed by atoms with Gasteiger partial charge in [0.1, 0.15) is 4.90 Å². The van der Waals surface area contributed by atoms with Crippen molar-refractivity contribution in [2.45, 2.75) is 37.1 Å². The molecule has 0 aromatic heterocycles. The molecule has 1 fully saturated rings. The first kappa shape index (κ1) is 14.8. The Labute approximate surface area is 119 Å². The second kappa shape index (κ2) is 5.79. The first-order chi connectivity index (χ1) is 8.95. The van der Waals surface area contributed by atoms with Crippen LogP contribution < -0.4 is 5.73 Å². The molecule has 1 aliphatic rings. The van der Waals surface area contributed by atoms with Crippen LogP contribution in [0.4, 0.5) is 0 Å². The fourth-order valence-corrected chi connectivity index (χ4v) is 4.34. The van der Waals surface area contributed by atoms with Gasteiger partial charge in [-0.05, 0) is 30.5 Å². The molecule has 0 spiro atoms. The van der Waals surface area contributed by atoms with Crippen LogP contribution in [0.15, 0.2) is 23.1 Å². The minimum absolute atomic E-state index is 0.0765. The fraction of sp³-hybridized carbons (Fsp3) is 0.538. The lowest BCUT2D eigenvalue weighted by Crippen LogP contribution is -2.32. The lowest BCUT2D eigenvalue weighted by molar-refractivity contribution is 0.472. The third-order valence-corrected chi connectivity index (χ3v) is 5.69. The molecular weight excluding hydrogens is 284 g/mol. The van der Waals surface area contributed by atoms with E-state index in [0.29, 0.717) is 19.5 Å². The van der Waals surface area contributed by atoms with E-state index in [-0.39, 0.29) is 16.0 Å². The highest BCUT2D eigenvalue weighted by Crippen LogP contribution is 2.28. The summed E-state index contributed by atoms with van der Waals surface area (Å²) in [5, 5.41) is 0.278. The fourth-order valence-electron chi connectivity index (χ4n) is 2.30. The molecule has 106 valence electrons. The summed E-state index contributed by atoms with van der Waals surface area (Å²) in [5.41, 5.74) is 6.77. The molecule has 0 amide bonds. The number of sulfonamides is 1. The number of aryl methyl sites for hydroxylation is 1. The Hall–Kier alpha value is -0.620. The average molecular weight is 303 g/mol. The molecule has 2 N–H and O–H groups in total. The molecule has 0 radical (unpaired) electrons. The summed E-state index contributed by atoms with van der Waals surface area (Å²) in [6, 6.07) is 5.15. The molecule has 1 saturated heterocycles. The van der Waals surface area contributed by atoms with Gasteiger partial charge in [0, 0.05) is 19.1 Å². The van der Waals surface area contributed by atoms with Gasteiger partial charge in [-0.15, -0.1) is 0 Å². The molecule has 1 aliphatic heterocycles. The quantitative estimate of drug-likeness (QED) is 0.925. The van der Waals surface area contributed by atoms with Crippen molar-refractivity contribution in [3.63, 3.8) is 0 Å². The van der Waals surface area contributed by atoms with Crippen molar-refractivity contribution in [2.75, 3.05) is 13.1 Å². The van der Waals surface area contributed by atoms with Crippen LogP contribution in [0.25, 0.3) is 0 Å². The maximum Gasteiger partial charge on any atom is 0.244 e. The topological polar surface area (TPSA) is 63.4 Å². The van der Waals surface area contributed by atoms with Crippen LogP contribution in [-0.2, 0) is 16.4 Å². The van der Waals surface area contributed by atoms with E-state index in [0.717, 1.165) is 18.4 Å². The molecule has 0 unspecified atom stereocenters. The minimum Gasteiger partial charge on any atom is -0.326 e. The molecule has 0 bridgehead atoms. The summed E-state index contributed by atoms with van der Waals surface area (Å²) in [5.74, 6) is 0. The zero-order chi connectivity index (χ0) is 14.0. The van der Waals surface area contributed by atoms with Crippen molar-refractivity contribution in [1.29, 1.82) is 0 Å². The maximum absolute atomic E-state index is 12.5. The highest BCUT2D eigenvalue weighted by atomic mass is 35.5. The van der Waals surface area contributed by atoms with Crippen LogP contribution in [0.2, 0.25) is 5.02 Å². The summed E-state index contributed by atoms with van der Waals surface area (Å²) in [6.07, 6.45) is 2.51. The molecule has 2 rings (SSSR count). The van der Waals surface area contributed by atoms with Crippen molar-refractivity contribution in [3.8, 4) is 0 Å². The van der Waals surface area contributed by atoms with Gasteiger partial charge in [0.25, 0.3) is 0 Å². The highest BCUT2D eigenvalue weighted by Gasteiger charge is 2.32. The second-order valence-corrected chi connectivity index (χ2v) is 7.24. The van der Waals surface area contributed by atoms with Crippen molar-refractivity contribution in [1.82, 2.24) is 4.31 Å². The van der Waals surface area contributed by atoms with E-state index < -0.39 is 10.0 Å². The van der Waals surface area contributed by atoms with Gasteiger partial charge < -0.3 is 5.73 Å². The van der Waals surface area contributed by atoms with Gasteiger partial charge in [-0.1, -0.05) is 31.0 Å². The van der Waals surface area contributed by atoms with Gasteiger partial charge in [-0.25, -0.2) is 8.42 Å². The minimum atomic E-state index is -3.52. The van der Waals surface area contributed by atoms with E-state index in [9.17, 15) is 8.42 Å². The maximum atomic E-state index is 12.5. The third kappa shape index (κ3) is 3.11. The van der Waals surface area contributed by atoms with Crippen molar-refractivity contribution in [2.24, 2.45) is 5.73 Å². The SMILES string of the molecule is CCCc1ccc(Cl)c(S(=O)(=O)N2CC[C@H](N)C2)c1. The van der Waals surface area contributed by atoms with E-state index in [4.69, 9.17) is 17.3 Å². The zero-order valence-corrected chi connectivity index (χ0v) is 12.5. The van der Waals surface area contributed by atoms with Gasteiger partial charge in [-0.3, -0.25) is 0 Å². The third-order valence-electron chi connectivity index (χ3n) is 3.34. The number of rotatable bonds is 4. The summed E-state index contributed by atoms with van der Waals surface area (Å²) in [6.45, 7) is 2.90. The predicted octanol–water partition coefficient (Wildman–Crippen LogP) is 2.01. The number of nitrogens with two attached hydrogens (primary N) is 1. The highest BCUT2D eigenvalue weighted by molar-refractivity contribution is 7.89. The average Bonchev–Trinajstić information content (AvgIpc) is 2.79. The number of hydrogen-bond acceptors (Lipinski definition) is 3. The standard InChI is InChI=1S/C13H19ClN2O2S/c1-2-3-10-4-5-12(14)13(8-10)19(17,18)16-7-6-11(15)9-16/h4-5,8,11H,2-3,6-7,9,15H2,1H3/t11-/m0/s1. The Morgan fingerprint density at radius 3 is 2.79 bits per heavy atom. The molecule has 4 nitrogen and oxygen atoms in total. The van der Waals surface area contributed by atoms with Crippen LogP contribution in [0.3, 0.4) is 0 Å². The molecule has 1 heterocycles. The molecule has 1 atom stereocenters. The Balaban J connectivity index is 2.36. The van der Waals surface area contributed by atoms with Gasteiger partial charge in [0.2, 0.25) is 10.0 Å². The summed E-state index contributed by atoms with van der Waals surface area (Å²) < 4.78 is 26.5. The van der Waals surface area contributed by atoms with E-state index in [2.05, 4.69) is 6.92 Å². The smallest absolute Gasteiger partial charge is 0.244 e. The summed E-state index contributed by atoms with van der Waals surface area (Å²) in [7, 11) is -3.52. The Kier molecular flexibility index (Phi) is 4.50. The van der Waals surface area contributed by atoms with Gasteiger partial charge in [0.05, 0.1) is 5.02 Å². The zero-order valence-electron chi connectivity index (χ0n) is 11.0. The Bertz CT molecular complexity index is 560. The first-order valence-electron chi connectivity index (χ1n) is 6.49. The van der Waals surface area contributed by atoms with E-state index in [1.165, 1.54) is 4.31 Å². The van der Waals surface area contributed by atoms with Gasteiger partial charge >= 0.3 is 0 Å². The number of benzene rings is 1. The molecule has 0 aliphatic carbocycles. The number of hydrogen-bond donors (Lipinski definition) is 1. The van der Waals surface area contributed by atoms with Crippen LogP contribution in [0, 0.1) is 0 Å². The molecule has 0 saturated carbocycles. The van der Waals surface area contributed by atoms with Crippen LogP contribution in [0.1, 0.15) is 25.3 Å². The monoisotopic (exact) mass is 302 g/mol. The number of nitrogens with zero attached hydrogens (tertiary/aromatic N) is 1. The summed E-state index contributed by atoms with van der Waals surface area (Å²) in [4.78, 5) is 0.203. The molecular formula is C13H19ClN2O2S. The van der Waals surface area contributed by atoms with Crippen molar-refractivity contribution >= 4 is 21.6 Å². The van der Waals surface area contributed by atoms with E-state index >= 15 is 0 Å². The summed E-state index contributed by atoms with van der Waals surface area (Å²) >= 11 is 6.06. The molecule has 1 aromatic carbocycles. The first-order valence-corrected chi connectivity index (χ1v) is 8.31. The van der Waals surface area contributed by atoms with Crippen molar-refractivity contribution in [3.05, 3.63) is 28.8 Å². The van der Waals surface area contributed by atoms with Crippen LogP contribution in [0.5, 0.6) is 0 Å². The largest absolute Gasteiger partial charge is 0.326 e. The lowest BCUT2D eigenvalue weighted by Gasteiger charge is -2.17. The Morgan fingerprint density at radius 2 is 2.21 bits per heavy atom. The normalized spacial score (nSPS) is 20.9. The predicted molar refractivity (Wildman–Crippen MR) is 76.8 cm³/mol. The van der Waals surface area contributed by atoms with Crippen molar-refractivity contribution < 1.29 is 8.42 Å². The van der Waals surface area contributed by atoms with Gasteiger partial charge in [0.15, 0.2) is 0 Å².